The third-order valence-electron chi connectivity index (χ3n) is 5.12. The summed E-state index contributed by atoms with van der Waals surface area (Å²) in [5, 5.41) is 21.8. The number of carbonyl (C=O) groups is 1. The molecule has 2 aliphatic rings. The molecule has 1 amide bonds. The molecule has 0 unspecified atom stereocenters. The second-order valence-electron chi connectivity index (χ2n) is 6.60. The first-order valence-corrected chi connectivity index (χ1v) is 8.55. The minimum atomic E-state index is -0.484. The van der Waals surface area contributed by atoms with E-state index in [2.05, 4.69) is 4.90 Å². The fraction of sp³-hybridized carbons (Fsp3) is 0.278. The number of amides is 1. The number of hydrogen-bond acceptors (Lipinski definition) is 6. The van der Waals surface area contributed by atoms with Crippen molar-refractivity contribution in [3.05, 3.63) is 74.3 Å². The molecule has 0 aromatic heterocycles. The largest absolute Gasteiger partial charge is 0.291 e. The first-order valence-electron chi connectivity index (χ1n) is 8.55. The van der Waals surface area contributed by atoms with Gasteiger partial charge < -0.3 is 0 Å². The van der Waals surface area contributed by atoms with Crippen LogP contribution in [0.15, 0.2) is 48.5 Å². The highest BCUT2D eigenvalue weighted by Gasteiger charge is 2.49. The Morgan fingerprint density at radius 1 is 0.889 bits per heavy atom. The molecule has 0 radical (unpaired) electrons. The zero-order valence-electron chi connectivity index (χ0n) is 14.2. The van der Waals surface area contributed by atoms with Crippen molar-refractivity contribution in [2.24, 2.45) is 0 Å². The van der Waals surface area contributed by atoms with Gasteiger partial charge >= 0.3 is 0 Å². The molecule has 0 spiro atoms. The molecule has 0 bridgehead atoms. The Hall–Kier alpha value is -3.33. The molecular weight excluding hydrogens is 352 g/mol. The van der Waals surface area contributed by atoms with E-state index in [1.165, 1.54) is 24.3 Å². The van der Waals surface area contributed by atoms with E-state index in [0.717, 1.165) is 24.9 Å². The van der Waals surface area contributed by atoms with Crippen LogP contribution in [0.4, 0.5) is 17.1 Å². The lowest BCUT2D eigenvalue weighted by atomic mass is 10.1. The Bertz CT molecular complexity index is 912. The van der Waals surface area contributed by atoms with E-state index in [4.69, 9.17) is 0 Å². The summed E-state index contributed by atoms with van der Waals surface area (Å²) in [6.45, 7) is 0.752. The highest BCUT2D eigenvalue weighted by Crippen LogP contribution is 2.42. The zero-order valence-corrected chi connectivity index (χ0v) is 14.2. The van der Waals surface area contributed by atoms with Gasteiger partial charge in [-0.25, -0.2) is 0 Å². The number of rotatable bonds is 4. The van der Waals surface area contributed by atoms with Crippen LogP contribution in [0.25, 0.3) is 0 Å². The van der Waals surface area contributed by atoms with Gasteiger partial charge in [-0.15, -0.1) is 0 Å². The number of hydrogen-bond donors (Lipinski definition) is 0. The molecule has 2 atom stereocenters. The summed E-state index contributed by atoms with van der Waals surface area (Å²) in [4.78, 5) is 37.6. The van der Waals surface area contributed by atoms with E-state index in [1.54, 1.807) is 29.2 Å². The molecule has 9 nitrogen and oxygen atoms in total. The lowest BCUT2D eigenvalue weighted by Gasteiger charge is -2.29. The average Bonchev–Trinajstić information content (AvgIpc) is 3.24. The van der Waals surface area contributed by atoms with Crippen LogP contribution >= 0.6 is 0 Å². The van der Waals surface area contributed by atoms with E-state index in [0.29, 0.717) is 5.69 Å². The van der Waals surface area contributed by atoms with Crippen molar-refractivity contribution < 1.29 is 14.6 Å². The predicted octanol–water partition coefficient (Wildman–Crippen LogP) is 3.01. The summed E-state index contributed by atoms with van der Waals surface area (Å²) < 4.78 is 0. The third-order valence-corrected chi connectivity index (χ3v) is 5.12. The molecular formula is C18H16N4O5. The molecule has 2 heterocycles. The van der Waals surface area contributed by atoms with Crippen molar-refractivity contribution in [3.63, 3.8) is 0 Å². The number of nitrogens with zero attached hydrogens (tertiary/aromatic N) is 4. The maximum Gasteiger partial charge on any atom is 0.269 e. The van der Waals surface area contributed by atoms with Gasteiger partial charge in [-0.2, -0.15) is 0 Å². The number of fused-ring (bicyclic) bond motifs is 1. The summed E-state index contributed by atoms with van der Waals surface area (Å²) >= 11 is 0. The first kappa shape index (κ1) is 17.1. The normalized spacial score (nSPS) is 22.1. The molecule has 138 valence electrons. The SMILES string of the molecule is O=C1[C@@H]2CCCN2[C@@H](c2ccc([N+](=O)[O-])cc2)N1c1ccc([N+](=O)[O-])cc1. The van der Waals surface area contributed by atoms with Gasteiger partial charge in [0, 0.05) is 36.5 Å². The lowest BCUT2D eigenvalue weighted by molar-refractivity contribution is -0.385. The second kappa shape index (κ2) is 6.44. The molecule has 9 heteroatoms. The van der Waals surface area contributed by atoms with Crippen LogP contribution in [0.2, 0.25) is 0 Å². The van der Waals surface area contributed by atoms with Gasteiger partial charge in [-0.05, 0) is 42.7 Å². The van der Waals surface area contributed by atoms with Gasteiger partial charge in [0.25, 0.3) is 11.4 Å². The Kier molecular flexibility index (Phi) is 4.08. The standard InChI is InChI=1S/C18H16N4O5/c23-18-16-2-1-11-19(16)17(12-3-5-14(6-4-12)21(24)25)20(18)13-7-9-15(10-8-13)22(26)27/h3-10,16-17H,1-2,11H2/t16-,17+/m0/s1. The van der Waals surface area contributed by atoms with Crippen molar-refractivity contribution in [2.75, 3.05) is 11.4 Å². The number of non-ortho nitro benzene ring substituents is 2. The average molecular weight is 368 g/mol. The van der Waals surface area contributed by atoms with E-state index >= 15 is 0 Å². The number of benzene rings is 2. The van der Waals surface area contributed by atoms with Crippen LogP contribution in [0.1, 0.15) is 24.6 Å². The van der Waals surface area contributed by atoms with Gasteiger partial charge in [0.2, 0.25) is 5.91 Å². The van der Waals surface area contributed by atoms with Gasteiger partial charge in [0.15, 0.2) is 0 Å². The minimum absolute atomic E-state index is 0.0112. The summed E-state index contributed by atoms with van der Waals surface area (Å²) in [6.07, 6.45) is 1.28. The van der Waals surface area contributed by atoms with Gasteiger partial charge in [0.05, 0.1) is 15.9 Å². The van der Waals surface area contributed by atoms with E-state index < -0.39 is 9.85 Å². The monoisotopic (exact) mass is 368 g/mol. The summed E-state index contributed by atoms with van der Waals surface area (Å²) in [5.74, 6) is -0.0512. The third kappa shape index (κ3) is 2.81. The van der Waals surface area contributed by atoms with Crippen LogP contribution < -0.4 is 4.90 Å². The molecule has 2 fully saturated rings. The zero-order chi connectivity index (χ0) is 19.1. The van der Waals surface area contributed by atoms with E-state index in [1.807, 2.05) is 0 Å². The first-order chi connectivity index (χ1) is 13.0. The highest BCUT2D eigenvalue weighted by molar-refractivity contribution is 6.00. The number of anilines is 1. The summed E-state index contributed by atoms with van der Waals surface area (Å²) in [6, 6.07) is 11.8. The molecule has 4 rings (SSSR count). The molecule has 2 saturated heterocycles. The Morgan fingerprint density at radius 3 is 2.00 bits per heavy atom. The quantitative estimate of drug-likeness (QED) is 0.606. The number of nitro benzene ring substituents is 2. The minimum Gasteiger partial charge on any atom is -0.291 e. The molecule has 0 saturated carbocycles. The highest BCUT2D eigenvalue weighted by atomic mass is 16.6. The van der Waals surface area contributed by atoms with Crippen LogP contribution in [-0.2, 0) is 4.79 Å². The summed E-state index contributed by atoms with van der Waals surface area (Å²) in [7, 11) is 0. The molecule has 2 aromatic rings. The van der Waals surface area contributed by atoms with Gasteiger partial charge in [-0.1, -0.05) is 0 Å². The maximum absolute atomic E-state index is 13.0. The Balaban J connectivity index is 1.74. The molecule has 0 N–H and O–H groups in total. The van der Waals surface area contributed by atoms with Gasteiger partial charge in [0.1, 0.15) is 6.17 Å². The molecule has 2 aromatic carbocycles. The molecule has 0 aliphatic carbocycles. The smallest absolute Gasteiger partial charge is 0.269 e. The van der Waals surface area contributed by atoms with E-state index in [9.17, 15) is 25.0 Å². The Labute approximate surface area is 154 Å². The lowest BCUT2D eigenvalue weighted by Crippen LogP contribution is -2.32. The topological polar surface area (TPSA) is 110 Å². The maximum atomic E-state index is 13.0. The molecule has 2 aliphatic heterocycles. The van der Waals surface area contributed by atoms with E-state index in [-0.39, 0.29) is 29.5 Å². The fourth-order valence-corrected chi connectivity index (χ4v) is 3.89. The van der Waals surface area contributed by atoms with Crippen molar-refractivity contribution in [3.8, 4) is 0 Å². The van der Waals surface area contributed by atoms with Gasteiger partial charge in [-0.3, -0.25) is 34.8 Å². The van der Waals surface area contributed by atoms with Crippen LogP contribution in [0.3, 0.4) is 0 Å². The fourth-order valence-electron chi connectivity index (χ4n) is 3.89. The van der Waals surface area contributed by atoms with Crippen molar-refractivity contribution >= 4 is 23.0 Å². The van der Waals surface area contributed by atoms with Crippen LogP contribution in [-0.4, -0.2) is 33.2 Å². The Morgan fingerprint density at radius 2 is 1.44 bits per heavy atom. The summed E-state index contributed by atoms with van der Waals surface area (Å²) in [5.41, 5.74) is 1.29. The van der Waals surface area contributed by atoms with Crippen LogP contribution in [0, 0.1) is 20.2 Å². The van der Waals surface area contributed by atoms with Crippen molar-refractivity contribution in [1.29, 1.82) is 0 Å². The second-order valence-corrected chi connectivity index (χ2v) is 6.60. The van der Waals surface area contributed by atoms with Crippen molar-refractivity contribution in [2.45, 2.75) is 25.0 Å². The number of carbonyl (C=O) groups excluding carboxylic acids is 1. The predicted molar refractivity (Wildman–Crippen MR) is 96.1 cm³/mol. The number of nitro groups is 2. The van der Waals surface area contributed by atoms with Crippen molar-refractivity contribution in [1.82, 2.24) is 4.90 Å². The van der Waals surface area contributed by atoms with Crippen LogP contribution in [0.5, 0.6) is 0 Å². The molecule has 27 heavy (non-hydrogen) atoms.